The van der Waals surface area contributed by atoms with Crippen molar-refractivity contribution in [2.24, 2.45) is 0 Å². The Labute approximate surface area is 127 Å². The number of rotatable bonds is 2. The van der Waals surface area contributed by atoms with Crippen molar-refractivity contribution in [1.29, 1.82) is 0 Å². The molecule has 1 fully saturated rings. The van der Waals surface area contributed by atoms with Gasteiger partial charge in [-0.3, -0.25) is 5.32 Å². The van der Waals surface area contributed by atoms with Crippen molar-refractivity contribution in [2.75, 3.05) is 23.3 Å². The van der Waals surface area contributed by atoms with E-state index >= 15 is 0 Å². The van der Waals surface area contributed by atoms with Crippen molar-refractivity contribution < 1.29 is 9.53 Å². The van der Waals surface area contributed by atoms with E-state index < -0.39 is 11.7 Å². The number of ether oxygens (including phenoxy) is 1. The van der Waals surface area contributed by atoms with Gasteiger partial charge in [0.25, 0.3) is 0 Å². The third kappa shape index (κ3) is 4.66. The Kier molecular flexibility index (Phi) is 4.76. The Morgan fingerprint density at radius 2 is 1.86 bits per heavy atom. The first-order valence-electron chi connectivity index (χ1n) is 7.71. The van der Waals surface area contributed by atoms with Crippen molar-refractivity contribution in [2.45, 2.75) is 52.6 Å². The quantitative estimate of drug-likeness (QED) is 0.881. The normalized spacial score (nSPS) is 15.7. The number of hydrogen-bond acceptors (Lipinski definition) is 3. The van der Waals surface area contributed by atoms with E-state index in [2.05, 4.69) is 22.3 Å². The van der Waals surface area contributed by atoms with Gasteiger partial charge < -0.3 is 9.64 Å². The predicted octanol–water partition coefficient (Wildman–Crippen LogP) is 4.33. The molecule has 1 aromatic rings. The van der Waals surface area contributed by atoms with Crippen molar-refractivity contribution in [3.63, 3.8) is 0 Å². The molecule has 1 heterocycles. The van der Waals surface area contributed by atoms with Crippen LogP contribution >= 0.6 is 0 Å². The van der Waals surface area contributed by atoms with Gasteiger partial charge in [0, 0.05) is 24.5 Å². The van der Waals surface area contributed by atoms with E-state index in [1.165, 1.54) is 24.9 Å². The standard InChI is InChI=1S/C17H26N2O2/c1-13-8-9-14(19-10-6-5-7-11-19)12-15(13)18-16(20)21-17(2,3)4/h8-9,12H,5-7,10-11H2,1-4H3,(H,18,20). The zero-order valence-corrected chi connectivity index (χ0v) is 13.5. The summed E-state index contributed by atoms with van der Waals surface area (Å²) in [5.41, 5.74) is 2.56. The van der Waals surface area contributed by atoms with Crippen LogP contribution in [0.3, 0.4) is 0 Å². The first-order chi connectivity index (χ1) is 9.85. The van der Waals surface area contributed by atoms with Crippen LogP contribution in [-0.4, -0.2) is 24.8 Å². The number of benzene rings is 1. The molecule has 0 atom stereocenters. The van der Waals surface area contributed by atoms with Crippen LogP contribution < -0.4 is 10.2 Å². The van der Waals surface area contributed by atoms with Crippen molar-refractivity contribution in [3.8, 4) is 0 Å². The van der Waals surface area contributed by atoms with Gasteiger partial charge in [-0.2, -0.15) is 0 Å². The van der Waals surface area contributed by atoms with Gasteiger partial charge >= 0.3 is 6.09 Å². The van der Waals surface area contributed by atoms with Crippen molar-refractivity contribution >= 4 is 17.5 Å². The van der Waals surface area contributed by atoms with Crippen LogP contribution in [0.1, 0.15) is 45.6 Å². The first-order valence-corrected chi connectivity index (χ1v) is 7.71. The summed E-state index contributed by atoms with van der Waals surface area (Å²) in [6.45, 7) is 9.77. The number of amides is 1. The molecule has 0 unspecified atom stereocenters. The molecule has 0 saturated carbocycles. The minimum Gasteiger partial charge on any atom is -0.444 e. The number of carbonyl (C=O) groups excluding carboxylic acids is 1. The molecule has 4 heteroatoms. The summed E-state index contributed by atoms with van der Waals surface area (Å²) in [4.78, 5) is 14.3. The molecular formula is C17H26N2O2. The average Bonchev–Trinajstić information content (AvgIpc) is 2.40. The SMILES string of the molecule is Cc1ccc(N2CCCCC2)cc1NC(=O)OC(C)(C)C. The van der Waals surface area contributed by atoms with Gasteiger partial charge in [0.2, 0.25) is 0 Å². The average molecular weight is 290 g/mol. The van der Waals surface area contributed by atoms with Crippen LogP contribution in [0.15, 0.2) is 18.2 Å². The maximum Gasteiger partial charge on any atom is 0.412 e. The lowest BCUT2D eigenvalue weighted by Gasteiger charge is -2.29. The van der Waals surface area contributed by atoms with Gasteiger partial charge in [0.15, 0.2) is 0 Å². The molecule has 1 saturated heterocycles. The van der Waals surface area contributed by atoms with Gasteiger partial charge in [-0.1, -0.05) is 6.07 Å². The Morgan fingerprint density at radius 3 is 2.48 bits per heavy atom. The highest BCUT2D eigenvalue weighted by Crippen LogP contribution is 2.26. The molecule has 2 rings (SSSR count). The number of anilines is 2. The van der Waals surface area contributed by atoms with Crippen LogP contribution in [0.25, 0.3) is 0 Å². The number of aryl methyl sites for hydroxylation is 1. The molecule has 0 spiro atoms. The highest BCUT2D eigenvalue weighted by molar-refractivity contribution is 5.86. The van der Waals surface area contributed by atoms with Crippen molar-refractivity contribution in [3.05, 3.63) is 23.8 Å². The van der Waals surface area contributed by atoms with Crippen LogP contribution in [-0.2, 0) is 4.74 Å². The van der Waals surface area contributed by atoms with E-state index in [0.29, 0.717) is 0 Å². The van der Waals surface area contributed by atoms with E-state index in [1.54, 1.807) is 0 Å². The Morgan fingerprint density at radius 1 is 1.19 bits per heavy atom. The maximum absolute atomic E-state index is 11.9. The van der Waals surface area contributed by atoms with Crippen LogP contribution in [0.4, 0.5) is 16.2 Å². The fourth-order valence-corrected chi connectivity index (χ4v) is 2.51. The second kappa shape index (κ2) is 6.37. The topological polar surface area (TPSA) is 41.6 Å². The summed E-state index contributed by atoms with van der Waals surface area (Å²) >= 11 is 0. The largest absolute Gasteiger partial charge is 0.444 e. The number of hydrogen-bond donors (Lipinski definition) is 1. The summed E-state index contributed by atoms with van der Waals surface area (Å²) < 4.78 is 5.32. The van der Waals surface area contributed by atoms with Crippen LogP contribution in [0, 0.1) is 6.92 Å². The van der Waals surface area contributed by atoms with E-state index in [-0.39, 0.29) is 0 Å². The van der Waals surface area contributed by atoms with Gasteiger partial charge in [-0.15, -0.1) is 0 Å². The minimum atomic E-state index is -0.484. The molecule has 0 bridgehead atoms. The molecule has 21 heavy (non-hydrogen) atoms. The highest BCUT2D eigenvalue weighted by Gasteiger charge is 2.18. The summed E-state index contributed by atoms with van der Waals surface area (Å²) in [5, 5.41) is 2.86. The zero-order chi connectivity index (χ0) is 15.5. The molecule has 1 aliphatic rings. The lowest BCUT2D eigenvalue weighted by atomic mass is 10.1. The van der Waals surface area contributed by atoms with Gasteiger partial charge in [-0.25, -0.2) is 4.79 Å². The van der Waals surface area contributed by atoms with E-state index in [9.17, 15) is 4.79 Å². The fraction of sp³-hybridized carbons (Fsp3) is 0.588. The second-order valence-corrected chi connectivity index (χ2v) is 6.67. The summed E-state index contributed by atoms with van der Waals surface area (Å²) in [7, 11) is 0. The van der Waals surface area contributed by atoms with Crippen LogP contribution in [0.2, 0.25) is 0 Å². The first kappa shape index (κ1) is 15.7. The molecule has 1 amide bonds. The second-order valence-electron chi connectivity index (χ2n) is 6.67. The molecule has 1 aromatic carbocycles. The number of nitrogens with zero attached hydrogens (tertiary/aromatic N) is 1. The molecule has 4 nitrogen and oxygen atoms in total. The molecule has 0 radical (unpaired) electrons. The third-order valence-electron chi connectivity index (χ3n) is 3.58. The molecular weight excluding hydrogens is 264 g/mol. The minimum absolute atomic E-state index is 0.401. The number of carbonyl (C=O) groups is 1. The fourth-order valence-electron chi connectivity index (χ4n) is 2.51. The number of nitrogens with one attached hydrogen (secondary N) is 1. The third-order valence-corrected chi connectivity index (χ3v) is 3.58. The van der Waals surface area contributed by atoms with E-state index in [1.807, 2.05) is 33.8 Å². The molecule has 1 N–H and O–H groups in total. The van der Waals surface area contributed by atoms with Gasteiger partial charge in [0.1, 0.15) is 5.60 Å². The van der Waals surface area contributed by atoms with Crippen molar-refractivity contribution in [1.82, 2.24) is 0 Å². The van der Waals surface area contributed by atoms with E-state index in [0.717, 1.165) is 24.3 Å². The Hall–Kier alpha value is -1.71. The monoisotopic (exact) mass is 290 g/mol. The summed E-state index contributed by atoms with van der Waals surface area (Å²) in [6.07, 6.45) is 3.39. The molecule has 1 aliphatic heterocycles. The highest BCUT2D eigenvalue weighted by atomic mass is 16.6. The molecule has 0 aromatic heterocycles. The van der Waals surface area contributed by atoms with Crippen LogP contribution in [0.5, 0.6) is 0 Å². The zero-order valence-electron chi connectivity index (χ0n) is 13.5. The molecule has 116 valence electrons. The predicted molar refractivity (Wildman–Crippen MR) is 87.1 cm³/mol. The maximum atomic E-state index is 11.9. The Balaban J connectivity index is 2.10. The van der Waals surface area contributed by atoms with E-state index in [4.69, 9.17) is 4.74 Å². The lowest BCUT2D eigenvalue weighted by Crippen LogP contribution is -2.30. The Bertz CT molecular complexity index is 500. The number of piperidine rings is 1. The smallest absolute Gasteiger partial charge is 0.412 e. The summed E-state index contributed by atoms with van der Waals surface area (Å²) in [6, 6.07) is 6.22. The van der Waals surface area contributed by atoms with Gasteiger partial charge in [0.05, 0.1) is 0 Å². The lowest BCUT2D eigenvalue weighted by molar-refractivity contribution is 0.0636. The molecule has 0 aliphatic carbocycles. The summed E-state index contributed by atoms with van der Waals surface area (Å²) in [5.74, 6) is 0. The van der Waals surface area contributed by atoms with Gasteiger partial charge in [-0.05, 0) is 64.7 Å².